The molecule has 2 unspecified atom stereocenters. The second-order valence-corrected chi connectivity index (χ2v) is 4.89. The molecule has 0 saturated heterocycles. The van der Waals surface area contributed by atoms with Crippen LogP contribution in [-0.2, 0) is 4.74 Å². The lowest BCUT2D eigenvalue weighted by Crippen LogP contribution is -2.32. The second kappa shape index (κ2) is 6.54. The average molecular weight is 326 g/mol. The molecule has 1 aromatic carbocycles. The largest absolute Gasteiger partial charge is 0.411 e. The molecule has 102 valence electrons. The lowest BCUT2D eigenvalue weighted by Gasteiger charge is -2.24. The van der Waals surface area contributed by atoms with Crippen molar-refractivity contribution >= 4 is 15.9 Å². The summed E-state index contributed by atoms with van der Waals surface area (Å²) in [5.41, 5.74) is 6.46. The number of benzene rings is 1. The molecule has 2 nitrogen and oxygen atoms in total. The smallest absolute Gasteiger partial charge is 0.362 e. The maximum Gasteiger partial charge on any atom is 0.411 e. The number of ether oxygens (including phenoxy) is 1. The summed E-state index contributed by atoms with van der Waals surface area (Å²) in [5.74, 6) is 0. The molecule has 0 bridgehead atoms. The third-order valence-corrected chi connectivity index (χ3v) is 2.96. The minimum Gasteiger partial charge on any atom is -0.362 e. The number of hydrogen-bond donors (Lipinski definition) is 1. The van der Waals surface area contributed by atoms with Crippen molar-refractivity contribution < 1.29 is 17.9 Å². The molecule has 18 heavy (non-hydrogen) atoms. The predicted molar refractivity (Wildman–Crippen MR) is 67.2 cm³/mol. The van der Waals surface area contributed by atoms with Crippen LogP contribution in [0.4, 0.5) is 13.2 Å². The van der Waals surface area contributed by atoms with Crippen molar-refractivity contribution in [2.45, 2.75) is 31.7 Å². The third kappa shape index (κ3) is 4.96. The van der Waals surface area contributed by atoms with Gasteiger partial charge in [-0.3, -0.25) is 0 Å². The summed E-state index contributed by atoms with van der Waals surface area (Å²) in [4.78, 5) is 0. The van der Waals surface area contributed by atoms with Crippen molar-refractivity contribution in [2.24, 2.45) is 5.73 Å². The van der Waals surface area contributed by atoms with E-state index in [2.05, 4.69) is 15.9 Å². The van der Waals surface area contributed by atoms with Gasteiger partial charge in [0.1, 0.15) is 6.61 Å². The van der Waals surface area contributed by atoms with E-state index in [4.69, 9.17) is 10.5 Å². The van der Waals surface area contributed by atoms with E-state index in [9.17, 15) is 13.2 Å². The topological polar surface area (TPSA) is 35.2 Å². The number of halogens is 4. The first-order valence-corrected chi connectivity index (χ1v) is 6.32. The molecular formula is C12H15BrF3NO. The summed E-state index contributed by atoms with van der Waals surface area (Å²) in [6.45, 7) is 0.518. The summed E-state index contributed by atoms with van der Waals surface area (Å²) in [7, 11) is 0. The molecule has 0 fully saturated rings. The number of alkyl halides is 3. The van der Waals surface area contributed by atoms with E-state index in [-0.39, 0.29) is 0 Å². The molecule has 1 rings (SSSR count). The standard InChI is InChI=1S/C12H15BrF3NO/c1-2-10(17)11(18-7-12(14,15)16)8-4-3-5-9(13)6-8/h3-6,10-11H,2,7,17H2,1H3. The zero-order valence-electron chi connectivity index (χ0n) is 9.88. The first-order chi connectivity index (χ1) is 8.33. The van der Waals surface area contributed by atoms with Crippen molar-refractivity contribution in [1.29, 1.82) is 0 Å². The van der Waals surface area contributed by atoms with Crippen LogP contribution in [0.1, 0.15) is 25.0 Å². The molecule has 0 saturated carbocycles. The average Bonchev–Trinajstić information content (AvgIpc) is 2.27. The minimum absolute atomic E-state index is 0.471. The van der Waals surface area contributed by atoms with Crippen LogP contribution in [0.25, 0.3) is 0 Å². The minimum atomic E-state index is -4.35. The SMILES string of the molecule is CCC(N)C(OCC(F)(F)F)c1cccc(Br)c1. The van der Waals surface area contributed by atoms with Crippen LogP contribution in [0.5, 0.6) is 0 Å². The van der Waals surface area contributed by atoms with Crippen molar-refractivity contribution in [3.63, 3.8) is 0 Å². The van der Waals surface area contributed by atoms with Gasteiger partial charge in [0.25, 0.3) is 0 Å². The van der Waals surface area contributed by atoms with Crippen LogP contribution in [0.3, 0.4) is 0 Å². The molecule has 0 aromatic heterocycles. The van der Waals surface area contributed by atoms with E-state index in [1.165, 1.54) is 0 Å². The maximum absolute atomic E-state index is 12.2. The molecule has 0 amide bonds. The fourth-order valence-corrected chi connectivity index (χ4v) is 1.97. The van der Waals surface area contributed by atoms with Crippen molar-refractivity contribution in [3.8, 4) is 0 Å². The first kappa shape index (κ1) is 15.5. The zero-order chi connectivity index (χ0) is 13.8. The second-order valence-electron chi connectivity index (χ2n) is 3.97. The number of rotatable bonds is 5. The highest BCUT2D eigenvalue weighted by atomic mass is 79.9. The molecule has 1 aromatic rings. The van der Waals surface area contributed by atoms with E-state index in [0.29, 0.717) is 12.0 Å². The summed E-state index contributed by atoms with van der Waals surface area (Å²) in [6.07, 6.45) is -4.57. The van der Waals surface area contributed by atoms with Crippen molar-refractivity contribution in [2.75, 3.05) is 6.61 Å². The Balaban J connectivity index is 2.85. The number of hydrogen-bond acceptors (Lipinski definition) is 2. The summed E-state index contributed by atoms with van der Waals surface area (Å²) in [6, 6.07) is 6.49. The van der Waals surface area contributed by atoms with Gasteiger partial charge in [0.2, 0.25) is 0 Å². The van der Waals surface area contributed by atoms with Gasteiger partial charge >= 0.3 is 6.18 Å². The Labute approximate surface area is 112 Å². The summed E-state index contributed by atoms with van der Waals surface area (Å²) < 4.78 is 42.3. The normalized spacial score (nSPS) is 15.4. The summed E-state index contributed by atoms with van der Waals surface area (Å²) in [5, 5.41) is 0. The van der Waals surface area contributed by atoms with Gasteiger partial charge in [0.15, 0.2) is 0 Å². The molecule has 0 spiro atoms. The van der Waals surface area contributed by atoms with Crippen LogP contribution in [-0.4, -0.2) is 18.8 Å². The van der Waals surface area contributed by atoms with Gasteiger partial charge in [0, 0.05) is 10.5 Å². The van der Waals surface area contributed by atoms with Gasteiger partial charge in [-0.15, -0.1) is 0 Å². The Kier molecular flexibility index (Phi) is 5.62. The Morgan fingerprint density at radius 2 is 2.06 bits per heavy atom. The Morgan fingerprint density at radius 1 is 1.39 bits per heavy atom. The highest BCUT2D eigenvalue weighted by Crippen LogP contribution is 2.27. The summed E-state index contributed by atoms with van der Waals surface area (Å²) >= 11 is 3.27. The lowest BCUT2D eigenvalue weighted by atomic mass is 10.0. The maximum atomic E-state index is 12.2. The molecule has 0 aliphatic carbocycles. The van der Waals surface area contributed by atoms with Crippen LogP contribution < -0.4 is 5.73 Å². The van der Waals surface area contributed by atoms with E-state index < -0.39 is 24.9 Å². The fourth-order valence-electron chi connectivity index (χ4n) is 1.55. The predicted octanol–water partition coefficient (Wildman–Crippen LogP) is 3.81. The van der Waals surface area contributed by atoms with Gasteiger partial charge in [-0.1, -0.05) is 35.0 Å². The van der Waals surface area contributed by atoms with Crippen LogP contribution >= 0.6 is 15.9 Å². The van der Waals surface area contributed by atoms with Crippen LogP contribution in [0.15, 0.2) is 28.7 Å². The van der Waals surface area contributed by atoms with Gasteiger partial charge in [-0.2, -0.15) is 13.2 Å². The zero-order valence-corrected chi connectivity index (χ0v) is 11.5. The molecule has 6 heteroatoms. The molecular weight excluding hydrogens is 311 g/mol. The lowest BCUT2D eigenvalue weighted by molar-refractivity contribution is -0.188. The molecule has 0 aliphatic heterocycles. The Hall–Kier alpha value is -0.590. The molecule has 0 aliphatic rings. The Morgan fingerprint density at radius 3 is 2.56 bits per heavy atom. The van der Waals surface area contributed by atoms with Crippen LogP contribution in [0, 0.1) is 0 Å². The molecule has 2 atom stereocenters. The monoisotopic (exact) mass is 325 g/mol. The fraction of sp³-hybridized carbons (Fsp3) is 0.500. The van der Waals surface area contributed by atoms with Gasteiger partial charge in [-0.25, -0.2) is 0 Å². The highest BCUT2D eigenvalue weighted by molar-refractivity contribution is 9.10. The molecule has 0 heterocycles. The van der Waals surface area contributed by atoms with Crippen molar-refractivity contribution in [1.82, 2.24) is 0 Å². The molecule has 0 radical (unpaired) electrons. The quantitative estimate of drug-likeness (QED) is 0.893. The molecule has 2 N–H and O–H groups in total. The van der Waals surface area contributed by atoms with Crippen molar-refractivity contribution in [3.05, 3.63) is 34.3 Å². The van der Waals surface area contributed by atoms with Gasteiger partial charge < -0.3 is 10.5 Å². The van der Waals surface area contributed by atoms with E-state index in [1.807, 2.05) is 6.92 Å². The number of nitrogens with two attached hydrogens (primary N) is 1. The van der Waals surface area contributed by atoms with Gasteiger partial charge in [-0.05, 0) is 24.1 Å². The van der Waals surface area contributed by atoms with E-state index >= 15 is 0 Å². The first-order valence-electron chi connectivity index (χ1n) is 5.53. The Bertz CT molecular complexity index is 384. The van der Waals surface area contributed by atoms with E-state index in [0.717, 1.165) is 4.47 Å². The van der Waals surface area contributed by atoms with Gasteiger partial charge in [0.05, 0.1) is 6.10 Å². The highest BCUT2D eigenvalue weighted by Gasteiger charge is 2.31. The van der Waals surface area contributed by atoms with E-state index in [1.54, 1.807) is 24.3 Å². The third-order valence-electron chi connectivity index (χ3n) is 2.46. The van der Waals surface area contributed by atoms with Crippen LogP contribution in [0.2, 0.25) is 0 Å².